The highest BCUT2D eigenvalue weighted by atomic mass is 14.0. The van der Waals surface area contributed by atoms with Crippen molar-refractivity contribution < 1.29 is 0 Å². The van der Waals surface area contributed by atoms with E-state index in [9.17, 15) is 0 Å². The van der Waals surface area contributed by atoms with E-state index in [4.69, 9.17) is 0 Å². The van der Waals surface area contributed by atoms with Gasteiger partial charge in [0.05, 0.1) is 0 Å². The largest absolute Gasteiger partial charge is 0.0764 e. The molecule has 1 aliphatic rings. The lowest BCUT2D eigenvalue weighted by molar-refractivity contribution is 1.11. The number of hydrogen-bond acceptors (Lipinski definition) is 0. The first kappa shape index (κ1) is 10.0. The minimum atomic E-state index is 1.20. The van der Waals surface area contributed by atoms with Crippen molar-refractivity contribution in [1.82, 2.24) is 0 Å². The summed E-state index contributed by atoms with van der Waals surface area (Å²) in [7, 11) is 0. The second kappa shape index (κ2) is 4.86. The molecule has 1 aliphatic carbocycles. The molecule has 0 unspecified atom stereocenters. The fraction of sp³-hybridized carbons (Fsp3) is 0.385. The zero-order chi connectivity index (χ0) is 9.68. The summed E-state index contributed by atoms with van der Waals surface area (Å²) in [5.74, 6) is 0. The van der Waals surface area contributed by atoms with Gasteiger partial charge in [-0.05, 0) is 30.2 Å². The Balaban J connectivity index is 0.000000396. The Labute approximate surface area is 80.6 Å². The van der Waals surface area contributed by atoms with Gasteiger partial charge in [0.15, 0.2) is 0 Å². The van der Waals surface area contributed by atoms with Crippen molar-refractivity contribution in [3.05, 3.63) is 34.2 Å². The highest BCUT2D eigenvalue weighted by Crippen LogP contribution is 1.96. The van der Waals surface area contributed by atoms with Crippen LogP contribution in [0.15, 0.2) is 18.2 Å². The smallest absolute Gasteiger partial charge is 0.0224 e. The van der Waals surface area contributed by atoms with Crippen LogP contribution < -0.4 is 10.4 Å². The summed E-state index contributed by atoms with van der Waals surface area (Å²) in [5.41, 5.74) is 1.36. The molecule has 0 nitrogen and oxygen atoms in total. The number of rotatable bonds is 0. The number of hydrogen-bond donors (Lipinski definition) is 0. The normalized spacial score (nSPS) is 12.8. The van der Waals surface area contributed by atoms with Crippen LogP contribution in [-0.4, -0.2) is 0 Å². The first-order chi connectivity index (χ1) is 6.36. The van der Waals surface area contributed by atoms with E-state index in [0.29, 0.717) is 0 Å². The molecule has 0 aromatic heterocycles. The number of fused-ring (bicyclic) bond motifs is 1. The van der Waals surface area contributed by atoms with E-state index in [0.717, 1.165) is 0 Å². The summed E-state index contributed by atoms with van der Waals surface area (Å²) in [5, 5.41) is 2.82. The average Bonchev–Trinajstić information content (AvgIpc) is 2.21. The Morgan fingerprint density at radius 3 is 2.23 bits per heavy atom. The third kappa shape index (κ3) is 2.45. The van der Waals surface area contributed by atoms with Gasteiger partial charge in [-0.25, -0.2) is 0 Å². The molecule has 0 heterocycles. The Morgan fingerprint density at radius 2 is 1.54 bits per heavy atom. The highest BCUT2D eigenvalue weighted by molar-refractivity contribution is 5.39. The lowest BCUT2D eigenvalue weighted by Gasteiger charge is -1.99. The monoisotopic (exact) mass is 174 g/mol. The molecule has 0 amide bonds. The van der Waals surface area contributed by atoms with Gasteiger partial charge in [0.2, 0.25) is 0 Å². The molecule has 0 spiro atoms. The maximum atomic E-state index is 2.32. The quantitative estimate of drug-likeness (QED) is 0.566. The van der Waals surface area contributed by atoms with Crippen molar-refractivity contribution in [2.45, 2.75) is 33.6 Å². The Bertz CT molecular complexity index is 372. The Kier molecular flexibility index (Phi) is 3.75. The lowest BCUT2D eigenvalue weighted by atomic mass is 10.1. The molecule has 13 heavy (non-hydrogen) atoms. The van der Waals surface area contributed by atoms with Gasteiger partial charge >= 0.3 is 0 Å². The van der Waals surface area contributed by atoms with E-state index in [1.165, 1.54) is 28.8 Å². The van der Waals surface area contributed by atoms with Crippen molar-refractivity contribution in [2.75, 3.05) is 0 Å². The molecule has 1 aromatic rings. The molecule has 2 rings (SSSR count). The van der Waals surface area contributed by atoms with Crippen molar-refractivity contribution in [2.24, 2.45) is 0 Å². The average molecular weight is 174 g/mol. The van der Waals surface area contributed by atoms with Crippen LogP contribution in [0, 0.1) is 6.92 Å². The molecule has 70 valence electrons. The molecule has 0 radical (unpaired) electrons. The van der Waals surface area contributed by atoms with E-state index in [1.807, 2.05) is 13.8 Å². The fourth-order valence-corrected chi connectivity index (χ4v) is 1.53. The topological polar surface area (TPSA) is 0 Å². The minimum Gasteiger partial charge on any atom is -0.0764 e. The Hall–Kier alpha value is -1.04. The minimum absolute atomic E-state index is 1.20. The van der Waals surface area contributed by atoms with Crippen LogP contribution >= 0.6 is 0 Å². The van der Waals surface area contributed by atoms with Crippen molar-refractivity contribution in [1.29, 1.82) is 0 Å². The zero-order valence-corrected chi connectivity index (χ0v) is 8.80. The zero-order valence-electron chi connectivity index (χ0n) is 8.80. The van der Waals surface area contributed by atoms with Crippen molar-refractivity contribution in [3.63, 3.8) is 0 Å². The predicted molar refractivity (Wildman–Crippen MR) is 59.9 cm³/mol. The van der Waals surface area contributed by atoms with Crippen LogP contribution in [0.4, 0.5) is 0 Å². The van der Waals surface area contributed by atoms with Gasteiger partial charge in [0, 0.05) is 0 Å². The van der Waals surface area contributed by atoms with Crippen LogP contribution in [0.5, 0.6) is 0 Å². The first-order valence-electron chi connectivity index (χ1n) is 5.13. The molecule has 0 N–H and O–H groups in total. The molecule has 0 fully saturated rings. The highest BCUT2D eigenvalue weighted by Gasteiger charge is 1.91. The lowest BCUT2D eigenvalue weighted by Crippen LogP contribution is -2.26. The fourth-order valence-electron chi connectivity index (χ4n) is 1.53. The third-order valence-electron chi connectivity index (χ3n) is 2.14. The summed E-state index contributed by atoms with van der Waals surface area (Å²) in [6.07, 6.45) is 7.05. The van der Waals surface area contributed by atoms with Crippen molar-refractivity contribution in [3.8, 4) is 0 Å². The van der Waals surface area contributed by atoms with E-state index in [1.54, 1.807) is 0 Å². The Morgan fingerprint density at radius 1 is 0.923 bits per heavy atom. The van der Waals surface area contributed by atoms with Gasteiger partial charge in [-0.15, -0.1) is 0 Å². The van der Waals surface area contributed by atoms with Gasteiger partial charge in [-0.1, -0.05) is 49.8 Å². The number of aryl methyl sites for hydroxylation is 1. The van der Waals surface area contributed by atoms with Crippen LogP contribution in [0.1, 0.15) is 32.3 Å². The standard InChI is InChI=1S/C11H12.C2H6/c1-9-6-7-10-4-2-3-5-11(10)8-9;1-2/h4-8H,2-3H2,1H3;1-2H3. The van der Waals surface area contributed by atoms with Crippen LogP contribution in [0.3, 0.4) is 0 Å². The molecule has 0 atom stereocenters. The molecule has 0 bridgehead atoms. The summed E-state index contributed by atoms with van der Waals surface area (Å²) in [4.78, 5) is 0. The third-order valence-corrected chi connectivity index (χ3v) is 2.14. The molecule has 0 saturated heterocycles. The van der Waals surface area contributed by atoms with Gasteiger partial charge < -0.3 is 0 Å². The van der Waals surface area contributed by atoms with Crippen LogP contribution in [-0.2, 0) is 0 Å². The molecule has 0 saturated carbocycles. The maximum Gasteiger partial charge on any atom is -0.0224 e. The van der Waals surface area contributed by atoms with Gasteiger partial charge in [0.1, 0.15) is 0 Å². The van der Waals surface area contributed by atoms with Gasteiger partial charge in [0.25, 0.3) is 0 Å². The summed E-state index contributed by atoms with van der Waals surface area (Å²) < 4.78 is 0. The molecular formula is C13H18. The maximum absolute atomic E-state index is 2.32. The van der Waals surface area contributed by atoms with E-state index in [2.05, 4.69) is 37.3 Å². The van der Waals surface area contributed by atoms with E-state index in [-0.39, 0.29) is 0 Å². The first-order valence-corrected chi connectivity index (χ1v) is 5.13. The van der Waals surface area contributed by atoms with E-state index < -0.39 is 0 Å². The number of benzene rings is 1. The molecule has 1 aromatic carbocycles. The second-order valence-corrected chi connectivity index (χ2v) is 3.12. The molecule has 0 aliphatic heterocycles. The summed E-state index contributed by atoms with van der Waals surface area (Å²) >= 11 is 0. The van der Waals surface area contributed by atoms with Crippen molar-refractivity contribution >= 4 is 12.2 Å². The van der Waals surface area contributed by atoms with Crippen LogP contribution in [0.25, 0.3) is 12.2 Å². The van der Waals surface area contributed by atoms with E-state index >= 15 is 0 Å². The summed E-state index contributed by atoms with van der Waals surface area (Å²) in [6, 6.07) is 6.64. The summed E-state index contributed by atoms with van der Waals surface area (Å²) in [6.45, 7) is 6.14. The SMILES string of the molecule is CC.Cc1ccc2c(c1)=CCCC=2. The van der Waals surface area contributed by atoms with Gasteiger partial charge in [-0.2, -0.15) is 0 Å². The molecular weight excluding hydrogens is 156 g/mol. The molecule has 0 heteroatoms. The second-order valence-electron chi connectivity index (χ2n) is 3.12. The predicted octanol–water partition coefficient (Wildman–Crippen LogP) is 2.38. The van der Waals surface area contributed by atoms with Crippen LogP contribution in [0.2, 0.25) is 0 Å². The van der Waals surface area contributed by atoms with Gasteiger partial charge in [-0.3, -0.25) is 0 Å².